The van der Waals surface area contributed by atoms with Crippen LogP contribution in [0, 0.1) is 5.92 Å². The highest BCUT2D eigenvalue weighted by Crippen LogP contribution is 2.27. The summed E-state index contributed by atoms with van der Waals surface area (Å²) in [6.45, 7) is 5.80. The van der Waals surface area contributed by atoms with E-state index in [1.807, 2.05) is 36.4 Å². The lowest BCUT2D eigenvalue weighted by Crippen LogP contribution is -2.34. The van der Waals surface area contributed by atoms with Crippen LogP contribution >= 0.6 is 0 Å². The third-order valence-corrected chi connectivity index (χ3v) is 4.82. The SMILES string of the molecule is COc1ccc(CC2COC(=O)N2Cc2ccc(O)c(NCC(C)C)c2)cc1. The van der Waals surface area contributed by atoms with Crippen molar-refractivity contribution < 1.29 is 19.4 Å². The Balaban J connectivity index is 1.70. The summed E-state index contributed by atoms with van der Waals surface area (Å²) < 4.78 is 10.5. The summed E-state index contributed by atoms with van der Waals surface area (Å²) in [5.41, 5.74) is 2.76. The lowest BCUT2D eigenvalue weighted by molar-refractivity contribution is 0.156. The highest BCUT2D eigenvalue weighted by Gasteiger charge is 2.33. The first-order valence-corrected chi connectivity index (χ1v) is 9.58. The van der Waals surface area contributed by atoms with Gasteiger partial charge in [0, 0.05) is 13.1 Å². The molecule has 1 fully saturated rings. The van der Waals surface area contributed by atoms with Gasteiger partial charge in [0.05, 0.1) is 18.8 Å². The number of phenolic OH excluding ortho intramolecular Hbond substituents is 1. The Labute approximate surface area is 166 Å². The molecule has 0 aromatic heterocycles. The van der Waals surface area contributed by atoms with Crippen molar-refractivity contribution in [1.82, 2.24) is 4.90 Å². The van der Waals surface area contributed by atoms with Gasteiger partial charge in [-0.3, -0.25) is 4.90 Å². The van der Waals surface area contributed by atoms with Gasteiger partial charge in [-0.15, -0.1) is 0 Å². The smallest absolute Gasteiger partial charge is 0.410 e. The minimum absolute atomic E-state index is 0.0261. The molecule has 1 saturated heterocycles. The predicted molar refractivity (Wildman–Crippen MR) is 109 cm³/mol. The molecule has 1 aliphatic rings. The Kier molecular flexibility index (Phi) is 6.29. The average Bonchev–Trinajstić information content (AvgIpc) is 3.02. The minimum Gasteiger partial charge on any atom is -0.506 e. The number of hydrogen-bond acceptors (Lipinski definition) is 5. The fourth-order valence-electron chi connectivity index (χ4n) is 3.22. The quantitative estimate of drug-likeness (QED) is 0.673. The number of amides is 1. The standard InChI is InChI=1S/C22H28N2O4/c1-15(2)12-23-20-11-17(6-9-21(20)25)13-24-18(14-28-22(24)26)10-16-4-7-19(27-3)8-5-16/h4-9,11,15,18,23,25H,10,12-14H2,1-3H3. The molecule has 0 spiro atoms. The van der Waals surface area contributed by atoms with Crippen LogP contribution in [0.5, 0.6) is 11.5 Å². The zero-order chi connectivity index (χ0) is 20.1. The third kappa shape index (κ3) is 4.88. The second-order valence-electron chi connectivity index (χ2n) is 7.54. The largest absolute Gasteiger partial charge is 0.506 e. The van der Waals surface area contributed by atoms with E-state index in [0.29, 0.717) is 31.2 Å². The highest BCUT2D eigenvalue weighted by molar-refractivity contribution is 5.70. The maximum absolute atomic E-state index is 12.3. The maximum Gasteiger partial charge on any atom is 0.410 e. The highest BCUT2D eigenvalue weighted by atomic mass is 16.6. The number of phenols is 1. The second-order valence-corrected chi connectivity index (χ2v) is 7.54. The van der Waals surface area contributed by atoms with Crippen molar-refractivity contribution in [2.75, 3.05) is 25.6 Å². The molecule has 6 heteroatoms. The second kappa shape index (κ2) is 8.87. The van der Waals surface area contributed by atoms with E-state index in [4.69, 9.17) is 9.47 Å². The number of rotatable bonds is 8. The first-order chi connectivity index (χ1) is 13.5. The molecule has 150 valence electrons. The summed E-state index contributed by atoms with van der Waals surface area (Å²) in [7, 11) is 1.64. The van der Waals surface area contributed by atoms with Gasteiger partial charge in [-0.05, 0) is 47.7 Å². The molecule has 6 nitrogen and oxygen atoms in total. The van der Waals surface area contributed by atoms with Gasteiger partial charge in [-0.2, -0.15) is 0 Å². The molecule has 2 aromatic carbocycles. The van der Waals surface area contributed by atoms with E-state index in [2.05, 4.69) is 19.2 Å². The molecule has 1 atom stereocenters. The van der Waals surface area contributed by atoms with Crippen molar-refractivity contribution >= 4 is 11.8 Å². The minimum atomic E-state index is -0.303. The van der Waals surface area contributed by atoms with Crippen LogP contribution in [-0.4, -0.2) is 42.4 Å². The summed E-state index contributed by atoms with van der Waals surface area (Å²) in [5.74, 6) is 1.48. The van der Waals surface area contributed by atoms with Gasteiger partial charge in [0.15, 0.2) is 0 Å². The van der Waals surface area contributed by atoms with Gasteiger partial charge < -0.3 is 19.9 Å². The van der Waals surface area contributed by atoms with E-state index in [9.17, 15) is 9.90 Å². The molecular weight excluding hydrogens is 356 g/mol. The van der Waals surface area contributed by atoms with Crippen LogP contribution < -0.4 is 10.1 Å². The Morgan fingerprint density at radius 1 is 1.21 bits per heavy atom. The van der Waals surface area contributed by atoms with E-state index < -0.39 is 0 Å². The summed E-state index contributed by atoms with van der Waals surface area (Å²) in [6.07, 6.45) is 0.412. The zero-order valence-electron chi connectivity index (χ0n) is 16.6. The molecule has 1 heterocycles. The number of nitrogens with one attached hydrogen (secondary N) is 1. The van der Waals surface area contributed by atoms with Crippen molar-refractivity contribution in [3.8, 4) is 11.5 Å². The van der Waals surface area contributed by atoms with E-state index >= 15 is 0 Å². The van der Waals surface area contributed by atoms with Crippen molar-refractivity contribution in [1.29, 1.82) is 0 Å². The average molecular weight is 384 g/mol. The molecule has 1 aliphatic heterocycles. The Morgan fingerprint density at radius 2 is 1.93 bits per heavy atom. The number of benzene rings is 2. The lowest BCUT2D eigenvalue weighted by Gasteiger charge is -2.22. The summed E-state index contributed by atoms with van der Waals surface area (Å²) in [6, 6.07) is 13.2. The van der Waals surface area contributed by atoms with Gasteiger partial charge in [-0.25, -0.2) is 4.79 Å². The molecule has 2 N–H and O–H groups in total. The zero-order valence-corrected chi connectivity index (χ0v) is 16.6. The van der Waals surface area contributed by atoms with Crippen LogP contribution in [-0.2, 0) is 17.7 Å². The fourth-order valence-corrected chi connectivity index (χ4v) is 3.22. The van der Waals surface area contributed by atoms with Crippen LogP contribution in [0.15, 0.2) is 42.5 Å². The molecule has 0 aliphatic carbocycles. The van der Waals surface area contributed by atoms with Crippen LogP contribution in [0.2, 0.25) is 0 Å². The molecule has 28 heavy (non-hydrogen) atoms. The summed E-state index contributed by atoms with van der Waals surface area (Å²) in [5, 5.41) is 13.3. The molecular formula is C22H28N2O4. The third-order valence-electron chi connectivity index (χ3n) is 4.82. The molecule has 3 rings (SSSR count). The number of carbonyl (C=O) groups excluding carboxylic acids is 1. The maximum atomic E-state index is 12.3. The Hall–Kier alpha value is -2.89. The number of hydrogen-bond donors (Lipinski definition) is 2. The molecule has 0 bridgehead atoms. The van der Waals surface area contributed by atoms with Crippen molar-refractivity contribution in [2.45, 2.75) is 32.9 Å². The number of anilines is 1. The van der Waals surface area contributed by atoms with Crippen LogP contribution in [0.4, 0.5) is 10.5 Å². The topological polar surface area (TPSA) is 71.0 Å². The molecule has 2 aromatic rings. The van der Waals surface area contributed by atoms with Gasteiger partial charge in [0.2, 0.25) is 0 Å². The van der Waals surface area contributed by atoms with Crippen LogP contribution in [0.25, 0.3) is 0 Å². The normalized spacial score (nSPS) is 16.4. The molecule has 1 amide bonds. The Bertz CT molecular complexity index is 805. The number of nitrogens with zero attached hydrogens (tertiary/aromatic N) is 1. The van der Waals surface area contributed by atoms with Gasteiger partial charge >= 0.3 is 6.09 Å². The van der Waals surface area contributed by atoms with Crippen molar-refractivity contribution in [3.05, 3.63) is 53.6 Å². The van der Waals surface area contributed by atoms with Crippen molar-refractivity contribution in [3.63, 3.8) is 0 Å². The van der Waals surface area contributed by atoms with E-state index in [0.717, 1.165) is 23.4 Å². The van der Waals surface area contributed by atoms with E-state index in [1.54, 1.807) is 18.1 Å². The van der Waals surface area contributed by atoms with Gasteiger partial charge in [-0.1, -0.05) is 32.0 Å². The number of methoxy groups -OCH3 is 1. The first kappa shape index (κ1) is 19.9. The van der Waals surface area contributed by atoms with Gasteiger partial charge in [0.1, 0.15) is 18.1 Å². The predicted octanol–water partition coefficient (Wildman–Crippen LogP) is 4.03. The number of carbonyl (C=O) groups is 1. The summed E-state index contributed by atoms with van der Waals surface area (Å²) in [4.78, 5) is 14.0. The molecule has 1 unspecified atom stereocenters. The van der Waals surface area contributed by atoms with Crippen molar-refractivity contribution in [2.24, 2.45) is 5.92 Å². The van der Waals surface area contributed by atoms with E-state index in [-0.39, 0.29) is 17.9 Å². The summed E-state index contributed by atoms with van der Waals surface area (Å²) >= 11 is 0. The fraction of sp³-hybridized carbons (Fsp3) is 0.409. The number of cyclic esters (lactones) is 1. The molecule has 0 saturated carbocycles. The number of aromatic hydroxyl groups is 1. The van der Waals surface area contributed by atoms with E-state index in [1.165, 1.54) is 0 Å². The van der Waals surface area contributed by atoms with Crippen LogP contribution in [0.1, 0.15) is 25.0 Å². The molecule has 0 radical (unpaired) electrons. The Morgan fingerprint density at radius 3 is 2.61 bits per heavy atom. The monoisotopic (exact) mass is 384 g/mol. The first-order valence-electron chi connectivity index (χ1n) is 9.58. The van der Waals surface area contributed by atoms with Crippen LogP contribution in [0.3, 0.4) is 0 Å². The number of ether oxygens (including phenoxy) is 2. The van der Waals surface area contributed by atoms with Gasteiger partial charge in [0.25, 0.3) is 0 Å². The lowest BCUT2D eigenvalue weighted by atomic mass is 10.0.